The lowest BCUT2D eigenvalue weighted by Crippen LogP contribution is -2.35. The van der Waals surface area contributed by atoms with Gasteiger partial charge in [-0.2, -0.15) is 0 Å². The molecule has 31 heavy (non-hydrogen) atoms. The van der Waals surface area contributed by atoms with Gasteiger partial charge in [-0.1, -0.05) is 37.3 Å². The molecule has 0 spiro atoms. The molecule has 2 aromatic carbocycles. The Labute approximate surface area is 181 Å². The standard InChI is InChI=1S/C25H27N3O3/c1-4-13-28(18(3)22-15-19-9-5-6-11-21(19)31-22)23(29)12-14-27-16-26-24-17(2)8-7-10-20(24)25(27)30/h5-11,15-16,18H,4,12-14H2,1-3H3. The number of hydrogen-bond acceptors (Lipinski definition) is 4. The summed E-state index contributed by atoms with van der Waals surface area (Å²) in [6, 6.07) is 15.2. The molecule has 1 amide bonds. The average molecular weight is 418 g/mol. The SMILES string of the molecule is CCCN(C(=O)CCn1cnc2c(C)cccc2c1=O)C(C)c1cc2ccccc2o1. The lowest BCUT2D eigenvalue weighted by atomic mass is 10.1. The molecule has 2 aromatic heterocycles. The average Bonchev–Trinajstić information content (AvgIpc) is 3.21. The van der Waals surface area contributed by atoms with Crippen LogP contribution in [0.3, 0.4) is 0 Å². The molecular formula is C25H27N3O3. The second-order valence-corrected chi connectivity index (χ2v) is 7.91. The van der Waals surface area contributed by atoms with E-state index in [0.29, 0.717) is 24.0 Å². The number of benzene rings is 2. The van der Waals surface area contributed by atoms with Crippen LogP contribution in [0.4, 0.5) is 0 Å². The van der Waals surface area contributed by atoms with Crippen LogP contribution in [-0.2, 0) is 11.3 Å². The third-order valence-electron chi connectivity index (χ3n) is 5.73. The third-order valence-corrected chi connectivity index (χ3v) is 5.73. The predicted molar refractivity (Wildman–Crippen MR) is 122 cm³/mol. The highest BCUT2D eigenvalue weighted by Gasteiger charge is 2.23. The molecule has 0 aliphatic rings. The minimum Gasteiger partial charge on any atom is -0.459 e. The van der Waals surface area contributed by atoms with Crippen molar-refractivity contribution in [2.24, 2.45) is 0 Å². The zero-order valence-corrected chi connectivity index (χ0v) is 18.2. The number of nitrogens with zero attached hydrogens (tertiary/aromatic N) is 3. The Bertz CT molecular complexity index is 1260. The van der Waals surface area contributed by atoms with E-state index in [-0.39, 0.29) is 23.9 Å². The summed E-state index contributed by atoms with van der Waals surface area (Å²) >= 11 is 0. The zero-order chi connectivity index (χ0) is 22.0. The molecule has 4 rings (SSSR count). The molecular weight excluding hydrogens is 390 g/mol. The summed E-state index contributed by atoms with van der Waals surface area (Å²) in [5.41, 5.74) is 2.37. The van der Waals surface area contributed by atoms with Gasteiger partial charge in [-0.05, 0) is 44.0 Å². The van der Waals surface area contributed by atoms with Crippen LogP contribution < -0.4 is 5.56 Å². The predicted octanol–water partition coefficient (Wildman–Crippen LogP) is 4.84. The third kappa shape index (κ3) is 4.10. The number of aryl methyl sites for hydroxylation is 2. The second-order valence-electron chi connectivity index (χ2n) is 7.91. The van der Waals surface area contributed by atoms with E-state index in [9.17, 15) is 9.59 Å². The van der Waals surface area contributed by atoms with Crippen LogP contribution >= 0.6 is 0 Å². The molecule has 0 radical (unpaired) electrons. The van der Waals surface area contributed by atoms with Crippen LogP contribution in [0.2, 0.25) is 0 Å². The molecule has 0 bridgehead atoms. The summed E-state index contributed by atoms with van der Waals surface area (Å²) in [5.74, 6) is 0.758. The van der Waals surface area contributed by atoms with Gasteiger partial charge in [0.05, 0.1) is 23.3 Å². The molecule has 6 heteroatoms. The number of amides is 1. The molecule has 0 N–H and O–H groups in total. The minimum absolute atomic E-state index is 0.00829. The van der Waals surface area contributed by atoms with Gasteiger partial charge in [0.25, 0.3) is 5.56 Å². The van der Waals surface area contributed by atoms with Crippen molar-refractivity contribution in [3.05, 3.63) is 76.5 Å². The molecule has 0 aliphatic carbocycles. The van der Waals surface area contributed by atoms with Crippen molar-refractivity contribution in [2.45, 2.75) is 46.2 Å². The monoisotopic (exact) mass is 417 g/mol. The van der Waals surface area contributed by atoms with Crippen molar-refractivity contribution in [1.29, 1.82) is 0 Å². The highest BCUT2D eigenvalue weighted by Crippen LogP contribution is 2.28. The molecule has 4 aromatic rings. The Balaban J connectivity index is 1.53. The maximum absolute atomic E-state index is 13.1. The zero-order valence-electron chi connectivity index (χ0n) is 18.2. The Morgan fingerprint density at radius 1 is 1.19 bits per heavy atom. The van der Waals surface area contributed by atoms with Gasteiger partial charge in [0, 0.05) is 24.9 Å². The van der Waals surface area contributed by atoms with E-state index in [1.54, 1.807) is 6.07 Å². The highest BCUT2D eigenvalue weighted by atomic mass is 16.3. The second kappa shape index (κ2) is 8.76. The van der Waals surface area contributed by atoms with Gasteiger partial charge in [0.1, 0.15) is 11.3 Å². The number of fused-ring (bicyclic) bond motifs is 2. The number of rotatable bonds is 7. The molecule has 2 heterocycles. The van der Waals surface area contributed by atoms with Crippen molar-refractivity contribution in [1.82, 2.24) is 14.5 Å². The van der Waals surface area contributed by atoms with Crippen LogP contribution in [0.5, 0.6) is 0 Å². The number of furan rings is 1. The van der Waals surface area contributed by atoms with Crippen LogP contribution in [0, 0.1) is 6.92 Å². The van der Waals surface area contributed by atoms with Crippen molar-refractivity contribution in [3.8, 4) is 0 Å². The van der Waals surface area contributed by atoms with E-state index in [1.165, 1.54) is 10.9 Å². The van der Waals surface area contributed by atoms with Gasteiger partial charge >= 0.3 is 0 Å². The van der Waals surface area contributed by atoms with Gasteiger partial charge in [0.15, 0.2) is 0 Å². The van der Waals surface area contributed by atoms with Crippen LogP contribution in [0.1, 0.15) is 44.1 Å². The first kappa shape index (κ1) is 20.8. The number of carbonyl (C=O) groups excluding carboxylic acids is 1. The topological polar surface area (TPSA) is 68.3 Å². The first-order chi connectivity index (χ1) is 15.0. The summed E-state index contributed by atoms with van der Waals surface area (Å²) in [7, 11) is 0. The van der Waals surface area contributed by atoms with Gasteiger partial charge < -0.3 is 9.32 Å². The molecule has 160 valence electrons. The van der Waals surface area contributed by atoms with Crippen LogP contribution in [-0.4, -0.2) is 26.9 Å². The van der Waals surface area contributed by atoms with Crippen molar-refractivity contribution < 1.29 is 9.21 Å². The Kier molecular flexibility index (Phi) is 5.89. The number of hydrogen-bond donors (Lipinski definition) is 0. The Morgan fingerprint density at radius 3 is 2.77 bits per heavy atom. The molecule has 6 nitrogen and oxygen atoms in total. The van der Waals surface area contributed by atoms with Gasteiger partial charge in [-0.15, -0.1) is 0 Å². The fourth-order valence-electron chi connectivity index (χ4n) is 3.99. The molecule has 0 saturated heterocycles. The van der Waals surface area contributed by atoms with E-state index in [4.69, 9.17) is 4.42 Å². The normalized spacial score (nSPS) is 12.4. The van der Waals surface area contributed by atoms with E-state index in [1.807, 2.05) is 68.1 Å². The van der Waals surface area contributed by atoms with Crippen molar-refractivity contribution in [3.63, 3.8) is 0 Å². The lowest BCUT2D eigenvalue weighted by molar-refractivity contribution is -0.134. The summed E-state index contributed by atoms with van der Waals surface area (Å²) in [4.78, 5) is 32.2. The van der Waals surface area contributed by atoms with Crippen molar-refractivity contribution in [2.75, 3.05) is 6.54 Å². The fourth-order valence-corrected chi connectivity index (χ4v) is 3.99. The minimum atomic E-state index is -0.186. The first-order valence-corrected chi connectivity index (χ1v) is 10.7. The van der Waals surface area contributed by atoms with E-state index < -0.39 is 0 Å². The summed E-state index contributed by atoms with van der Waals surface area (Å²) < 4.78 is 7.51. The molecule has 0 aliphatic heterocycles. The number of para-hydroxylation sites is 2. The van der Waals surface area contributed by atoms with E-state index in [0.717, 1.165) is 28.7 Å². The summed E-state index contributed by atoms with van der Waals surface area (Å²) in [6.45, 7) is 6.89. The molecule has 0 saturated carbocycles. The van der Waals surface area contributed by atoms with E-state index >= 15 is 0 Å². The first-order valence-electron chi connectivity index (χ1n) is 10.7. The molecule has 0 fully saturated rings. The Morgan fingerprint density at radius 2 is 2.00 bits per heavy atom. The smallest absolute Gasteiger partial charge is 0.261 e. The van der Waals surface area contributed by atoms with Crippen LogP contribution in [0.25, 0.3) is 21.9 Å². The number of carbonyl (C=O) groups is 1. The Hall–Kier alpha value is -3.41. The van der Waals surface area contributed by atoms with E-state index in [2.05, 4.69) is 4.98 Å². The molecule has 1 atom stereocenters. The molecule has 1 unspecified atom stereocenters. The van der Waals surface area contributed by atoms with Gasteiger partial charge in [0.2, 0.25) is 5.91 Å². The van der Waals surface area contributed by atoms with Crippen LogP contribution in [0.15, 0.2) is 64.1 Å². The quantitative estimate of drug-likeness (QED) is 0.431. The lowest BCUT2D eigenvalue weighted by Gasteiger charge is -2.28. The summed E-state index contributed by atoms with van der Waals surface area (Å²) in [6.07, 6.45) is 2.61. The van der Waals surface area contributed by atoms with Crippen molar-refractivity contribution >= 4 is 27.8 Å². The number of aromatic nitrogens is 2. The maximum Gasteiger partial charge on any atom is 0.261 e. The fraction of sp³-hybridized carbons (Fsp3) is 0.320. The summed E-state index contributed by atoms with van der Waals surface area (Å²) in [5, 5.41) is 1.60. The maximum atomic E-state index is 13.1. The van der Waals surface area contributed by atoms with Gasteiger partial charge in [-0.25, -0.2) is 4.98 Å². The largest absolute Gasteiger partial charge is 0.459 e. The highest BCUT2D eigenvalue weighted by molar-refractivity contribution is 5.81. The van der Waals surface area contributed by atoms with Gasteiger partial charge in [-0.3, -0.25) is 14.2 Å².